The number of rotatable bonds is 2. The van der Waals surface area contributed by atoms with Gasteiger partial charge in [-0.2, -0.15) is 18.2 Å². The van der Waals surface area contributed by atoms with E-state index in [0.29, 0.717) is 25.3 Å². The van der Waals surface area contributed by atoms with Gasteiger partial charge in [-0.15, -0.1) is 0 Å². The zero-order valence-corrected chi connectivity index (χ0v) is 9.22. The Bertz CT molecular complexity index is 513. The van der Waals surface area contributed by atoms with Gasteiger partial charge in [0.15, 0.2) is 0 Å². The molecular formula is C12H9F4NO. The quantitative estimate of drug-likeness (QED) is 0.453. The van der Waals surface area contributed by atoms with Crippen LogP contribution >= 0.6 is 0 Å². The summed E-state index contributed by atoms with van der Waals surface area (Å²) >= 11 is 0. The van der Waals surface area contributed by atoms with E-state index in [1.165, 1.54) is 12.1 Å². The van der Waals surface area contributed by atoms with Gasteiger partial charge in [-0.1, -0.05) is 12.1 Å². The maximum absolute atomic E-state index is 13.9. The summed E-state index contributed by atoms with van der Waals surface area (Å²) in [6, 6.07) is 3.04. The van der Waals surface area contributed by atoms with E-state index in [9.17, 15) is 22.4 Å². The summed E-state index contributed by atoms with van der Waals surface area (Å²) in [7, 11) is 0. The minimum absolute atomic E-state index is 0.174. The van der Waals surface area contributed by atoms with Gasteiger partial charge >= 0.3 is 6.18 Å². The number of benzene rings is 1. The second-order valence-electron chi connectivity index (χ2n) is 4.25. The molecule has 0 saturated heterocycles. The fourth-order valence-electron chi connectivity index (χ4n) is 2.15. The monoisotopic (exact) mass is 259 g/mol. The number of aliphatic imine (C=N–C) groups is 1. The standard InChI is InChI=1S/C12H9F4NO/c13-10-8(11(17-7-18)5-2-6-11)3-1-4-9(10)12(14,15)16/h1,3-4H,2,5-6H2. The fourth-order valence-corrected chi connectivity index (χ4v) is 2.15. The predicted octanol–water partition coefficient (Wildman–Crippen LogP) is 3.56. The number of alkyl halides is 3. The molecule has 18 heavy (non-hydrogen) atoms. The van der Waals surface area contributed by atoms with Crippen molar-refractivity contribution in [2.45, 2.75) is 31.0 Å². The molecule has 1 aliphatic rings. The van der Waals surface area contributed by atoms with Crippen LogP contribution in [0, 0.1) is 5.82 Å². The molecule has 1 aromatic rings. The van der Waals surface area contributed by atoms with Crippen LogP contribution in [-0.2, 0) is 16.5 Å². The first-order chi connectivity index (χ1) is 8.41. The van der Waals surface area contributed by atoms with Crippen LogP contribution in [0.15, 0.2) is 23.2 Å². The highest BCUT2D eigenvalue weighted by atomic mass is 19.4. The first-order valence-electron chi connectivity index (χ1n) is 5.36. The van der Waals surface area contributed by atoms with Crippen molar-refractivity contribution in [3.8, 4) is 0 Å². The lowest BCUT2D eigenvalue weighted by Gasteiger charge is -2.37. The fraction of sp³-hybridized carbons (Fsp3) is 0.417. The van der Waals surface area contributed by atoms with Gasteiger partial charge in [0.1, 0.15) is 11.4 Å². The number of hydrogen-bond donors (Lipinski definition) is 0. The Labute approximate surface area is 100 Å². The third kappa shape index (κ3) is 1.93. The molecule has 0 bridgehead atoms. The Morgan fingerprint density at radius 2 is 1.94 bits per heavy atom. The van der Waals surface area contributed by atoms with Crippen LogP contribution in [0.3, 0.4) is 0 Å². The SMILES string of the molecule is O=C=NC1(c2cccc(C(F)(F)F)c2F)CCC1. The van der Waals surface area contributed by atoms with E-state index in [1.807, 2.05) is 0 Å². The molecule has 1 aromatic carbocycles. The Morgan fingerprint density at radius 1 is 1.28 bits per heavy atom. The van der Waals surface area contributed by atoms with Crippen molar-refractivity contribution in [2.24, 2.45) is 4.99 Å². The van der Waals surface area contributed by atoms with Gasteiger partial charge in [-0.3, -0.25) is 0 Å². The highest BCUT2D eigenvalue weighted by Crippen LogP contribution is 2.47. The summed E-state index contributed by atoms with van der Waals surface area (Å²) in [5, 5.41) is 0. The number of hydrogen-bond acceptors (Lipinski definition) is 2. The van der Waals surface area contributed by atoms with E-state index in [2.05, 4.69) is 4.99 Å². The van der Waals surface area contributed by atoms with Crippen LogP contribution in [0.4, 0.5) is 17.6 Å². The van der Waals surface area contributed by atoms with Gasteiger partial charge in [0.2, 0.25) is 6.08 Å². The van der Waals surface area contributed by atoms with Crippen LogP contribution < -0.4 is 0 Å². The zero-order chi connectivity index (χ0) is 13.4. The molecule has 0 spiro atoms. The van der Waals surface area contributed by atoms with Gasteiger partial charge in [0.05, 0.1) is 5.56 Å². The second kappa shape index (κ2) is 4.21. The third-order valence-electron chi connectivity index (χ3n) is 3.25. The molecule has 0 N–H and O–H groups in total. The van der Waals surface area contributed by atoms with Gasteiger partial charge in [-0.25, -0.2) is 9.18 Å². The van der Waals surface area contributed by atoms with Crippen molar-refractivity contribution in [1.29, 1.82) is 0 Å². The molecular weight excluding hydrogens is 250 g/mol. The average Bonchev–Trinajstić information content (AvgIpc) is 2.22. The van der Waals surface area contributed by atoms with Crippen molar-refractivity contribution < 1.29 is 22.4 Å². The van der Waals surface area contributed by atoms with Gasteiger partial charge in [0.25, 0.3) is 0 Å². The first-order valence-corrected chi connectivity index (χ1v) is 5.36. The number of isocyanates is 1. The smallest absolute Gasteiger partial charge is 0.211 e. The molecule has 1 aliphatic carbocycles. The second-order valence-corrected chi connectivity index (χ2v) is 4.25. The van der Waals surface area contributed by atoms with Crippen molar-refractivity contribution in [2.75, 3.05) is 0 Å². The van der Waals surface area contributed by atoms with Crippen LogP contribution in [0.2, 0.25) is 0 Å². The predicted molar refractivity (Wildman–Crippen MR) is 55.1 cm³/mol. The molecule has 2 rings (SSSR count). The largest absolute Gasteiger partial charge is 0.419 e. The zero-order valence-electron chi connectivity index (χ0n) is 9.22. The number of nitrogens with zero attached hydrogens (tertiary/aromatic N) is 1. The Morgan fingerprint density at radius 3 is 2.39 bits per heavy atom. The molecule has 0 amide bonds. The third-order valence-corrected chi connectivity index (χ3v) is 3.25. The molecule has 96 valence electrons. The highest BCUT2D eigenvalue weighted by Gasteiger charge is 2.44. The van der Waals surface area contributed by atoms with Crippen molar-refractivity contribution in [3.63, 3.8) is 0 Å². The van der Waals surface area contributed by atoms with Crippen LogP contribution in [0.25, 0.3) is 0 Å². The lowest BCUT2D eigenvalue weighted by Crippen LogP contribution is -2.33. The van der Waals surface area contributed by atoms with Crippen molar-refractivity contribution in [3.05, 3.63) is 35.1 Å². The van der Waals surface area contributed by atoms with Gasteiger partial charge in [0, 0.05) is 5.56 Å². The number of halogens is 4. The van der Waals surface area contributed by atoms with Crippen molar-refractivity contribution >= 4 is 6.08 Å². The normalized spacial score (nSPS) is 17.8. The summed E-state index contributed by atoms with van der Waals surface area (Å²) in [6.45, 7) is 0. The van der Waals surface area contributed by atoms with E-state index in [-0.39, 0.29) is 5.56 Å². The molecule has 0 heterocycles. The van der Waals surface area contributed by atoms with Gasteiger partial charge < -0.3 is 0 Å². The van der Waals surface area contributed by atoms with Crippen molar-refractivity contribution in [1.82, 2.24) is 0 Å². The lowest BCUT2D eigenvalue weighted by molar-refractivity contribution is -0.140. The molecule has 0 atom stereocenters. The molecule has 2 nitrogen and oxygen atoms in total. The van der Waals surface area contributed by atoms with E-state index in [4.69, 9.17) is 0 Å². The minimum atomic E-state index is -4.75. The minimum Gasteiger partial charge on any atom is -0.211 e. The summed E-state index contributed by atoms with van der Waals surface area (Å²) in [5.74, 6) is -1.34. The van der Waals surface area contributed by atoms with Crippen LogP contribution in [0.5, 0.6) is 0 Å². The van der Waals surface area contributed by atoms with E-state index in [0.717, 1.165) is 6.07 Å². The number of carbonyl (C=O) groups excluding carboxylic acids is 1. The molecule has 0 radical (unpaired) electrons. The van der Waals surface area contributed by atoms with E-state index >= 15 is 0 Å². The van der Waals surface area contributed by atoms with E-state index < -0.39 is 23.1 Å². The maximum Gasteiger partial charge on any atom is 0.419 e. The van der Waals surface area contributed by atoms with Gasteiger partial charge in [-0.05, 0) is 25.3 Å². The molecule has 0 aromatic heterocycles. The summed E-state index contributed by atoms with van der Waals surface area (Å²) < 4.78 is 51.6. The Kier molecular flexibility index (Phi) is 2.99. The molecule has 0 aliphatic heterocycles. The Balaban J connectivity index is 2.56. The highest BCUT2D eigenvalue weighted by molar-refractivity contribution is 5.41. The van der Waals surface area contributed by atoms with Crippen LogP contribution in [-0.4, -0.2) is 6.08 Å². The molecule has 0 unspecified atom stereocenters. The Hall–Kier alpha value is -1.68. The summed E-state index contributed by atoms with van der Waals surface area (Å²) in [4.78, 5) is 13.8. The van der Waals surface area contributed by atoms with Crippen LogP contribution in [0.1, 0.15) is 30.4 Å². The topological polar surface area (TPSA) is 29.4 Å². The molecule has 1 saturated carbocycles. The maximum atomic E-state index is 13.9. The summed E-state index contributed by atoms with van der Waals surface area (Å²) in [5.41, 5.74) is -2.66. The average molecular weight is 259 g/mol. The first kappa shape index (κ1) is 12.8. The lowest BCUT2D eigenvalue weighted by atomic mass is 9.72. The molecule has 6 heteroatoms. The molecule has 1 fully saturated rings. The van der Waals surface area contributed by atoms with E-state index in [1.54, 1.807) is 0 Å². The summed E-state index contributed by atoms with van der Waals surface area (Å²) in [6.07, 6.45) is -2.01.